The van der Waals surface area contributed by atoms with Crippen molar-refractivity contribution in [3.8, 4) is 0 Å². The number of hydrogen-bond donors (Lipinski definition) is 1. The predicted octanol–water partition coefficient (Wildman–Crippen LogP) is 4.03. The zero-order valence-electron chi connectivity index (χ0n) is 12.0. The van der Waals surface area contributed by atoms with Gasteiger partial charge in [-0.05, 0) is 12.5 Å². The topological polar surface area (TPSA) is 33.1 Å². The first kappa shape index (κ1) is 14.2. The van der Waals surface area contributed by atoms with Crippen molar-refractivity contribution >= 4 is 11.3 Å². The first-order chi connectivity index (χ1) is 8.86. The highest BCUT2D eigenvalue weighted by molar-refractivity contribution is 7.09. The van der Waals surface area contributed by atoms with E-state index in [-0.39, 0.29) is 5.41 Å². The van der Waals surface area contributed by atoms with Gasteiger partial charge < -0.3 is 5.11 Å². The van der Waals surface area contributed by atoms with Crippen molar-refractivity contribution in [3.05, 3.63) is 51.5 Å². The molecule has 0 aliphatic rings. The van der Waals surface area contributed by atoms with Crippen LogP contribution < -0.4 is 0 Å². The van der Waals surface area contributed by atoms with Gasteiger partial charge in [0.25, 0.3) is 0 Å². The maximum absolute atomic E-state index is 10.3. The standard InChI is InChI=1S/C16H21NOS/c1-11-5-7-12(8-6-11)9-14(18)13-10-19-15(17-13)16(2,3)4/h5-8,10,14,18H,9H2,1-4H3. The third-order valence-corrected chi connectivity index (χ3v) is 4.34. The molecule has 1 aromatic carbocycles. The van der Waals surface area contributed by atoms with Crippen LogP contribution in [-0.2, 0) is 11.8 Å². The first-order valence-corrected chi connectivity index (χ1v) is 7.44. The van der Waals surface area contributed by atoms with Crippen molar-refractivity contribution < 1.29 is 5.11 Å². The van der Waals surface area contributed by atoms with Crippen LogP contribution in [0, 0.1) is 6.92 Å². The van der Waals surface area contributed by atoms with Crippen LogP contribution in [-0.4, -0.2) is 10.1 Å². The van der Waals surface area contributed by atoms with E-state index < -0.39 is 6.10 Å². The van der Waals surface area contributed by atoms with Crippen molar-refractivity contribution in [2.75, 3.05) is 0 Å². The van der Waals surface area contributed by atoms with Gasteiger partial charge in [-0.3, -0.25) is 0 Å². The second-order valence-corrected chi connectivity index (χ2v) is 6.89. The van der Waals surface area contributed by atoms with Crippen LogP contribution in [0.3, 0.4) is 0 Å². The van der Waals surface area contributed by atoms with Crippen molar-refractivity contribution in [1.82, 2.24) is 4.98 Å². The monoisotopic (exact) mass is 275 g/mol. The molecule has 2 aromatic rings. The maximum atomic E-state index is 10.3. The average molecular weight is 275 g/mol. The third-order valence-electron chi connectivity index (χ3n) is 3.05. The maximum Gasteiger partial charge on any atom is 0.101 e. The molecule has 2 rings (SSSR count). The van der Waals surface area contributed by atoms with Gasteiger partial charge in [0.15, 0.2) is 0 Å². The Labute approximate surface area is 119 Å². The molecule has 0 saturated heterocycles. The molecule has 0 fully saturated rings. The molecule has 3 heteroatoms. The number of rotatable bonds is 3. The third kappa shape index (κ3) is 3.64. The van der Waals surface area contributed by atoms with E-state index in [1.54, 1.807) is 11.3 Å². The summed E-state index contributed by atoms with van der Waals surface area (Å²) in [5, 5.41) is 13.3. The van der Waals surface area contributed by atoms with Gasteiger partial charge in [-0.25, -0.2) is 4.98 Å². The summed E-state index contributed by atoms with van der Waals surface area (Å²) in [7, 11) is 0. The van der Waals surface area contributed by atoms with Gasteiger partial charge in [0, 0.05) is 17.2 Å². The van der Waals surface area contributed by atoms with Crippen molar-refractivity contribution in [2.45, 2.75) is 45.6 Å². The molecule has 0 saturated carbocycles. The number of thiazole rings is 1. The minimum Gasteiger partial charge on any atom is -0.386 e. The molecule has 1 unspecified atom stereocenters. The fourth-order valence-electron chi connectivity index (χ4n) is 1.84. The smallest absolute Gasteiger partial charge is 0.101 e. The largest absolute Gasteiger partial charge is 0.386 e. The summed E-state index contributed by atoms with van der Waals surface area (Å²) in [6.07, 6.45) is 0.100. The van der Waals surface area contributed by atoms with Gasteiger partial charge in [0.05, 0.1) is 10.7 Å². The molecule has 1 N–H and O–H groups in total. The molecule has 1 aromatic heterocycles. The second kappa shape index (κ2) is 5.43. The molecule has 19 heavy (non-hydrogen) atoms. The molecule has 0 spiro atoms. The number of benzene rings is 1. The lowest BCUT2D eigenvalue weighted by Gasteiger charge is -2.14. The van der Waals surface area contributed by atoms with Crippen molar-refractivity contribution in [3.63, 3.8) is 0 Å². The zero-order chi connectivity index (χ0) is 14.0. The molecule has 0 aliphatic heterocycles. The minimum atomic E-state index is -0.518. The Hall–Kier alpha value is -1.19. The zero-order valence-corrected chi connectivity index (χ0v) is 12.8. The highest BCUT2D eigenvalue weighted by Gasteiger charge is 2.20. The molecule has 102 valence electrons. The van der Waals surface area contributed by atoms with Crippen LogP contribution in [0.2, 0.25) is 0 Å². The van der Waals surface area contributed by atoms with E-state index in [9.17, 15) is 5.11 Å². The minimum absolute atomic E-state index is 0.0481. The number of nitrogens with zero attached hydrogens (tertiary/aromatic N) is 1. The number of hydrogen-bond acceptors (Lipinski definition) is 3. The SMILES string of the molecule is Cc1ccc(CC(O)c2csc(C(C)(C)C)n2)cc1. The van der Waals surface area contributed by atoms with E-state index in [4.69, 9.17) is 0 Å². The Balaban J connectivity index is 2.09. The summed E-state index contributed by atoms with van der Waals surface area (Å²) < 4.78 is 0. The van der Waals surface area contributed by atoms with Crippen molar-refractivity contribution in [2.24, 2.45) is 0 Å². The molecular weight excluding hydrogens is 254 g/mol. The van der Waals surface area contributed by atoms with Crippen LogP contribution in [0.4, 0.5) is 0 Å². The molecule has 1 heterocycles. The van der Waals surface area contributed by atoms with Gasteiger partial charge >= 0.3 is 0 Å². The molecule has 0 bridgehead atoms. The molecule has 2 nitrogen and oxygen atoms in total. The number of aliphatic hydroxyl groups excluding tert-OH is 1. The summed E-state index contributed by atoms with van der Waals surface area (Å²) in [5.41, 5.74) is 3.22. The Bertz CT molecular complexity index is 537. The number of aliphatic hydroxyl groups is 1. The van der Waals surface area contributed by atoms with E-state index in [1.165, 1.54) is 5.56 Å². The van der Waals surface area contributed by atoms with Gasteiger partial charge in [0.2, 0.25) is 0 Å². The van der Waals surface area contributed by atoms with Crippen LogP contribution >= 0.6 is 11.3 Å². The average Bonchev–Trinajstić information content (AvgIpc) is 2.81. The van der Waals surface area contributed by atoms with E-state index in [2.05, 4.69) is 56.9 Å². The van der Waals surface area contributed by atoms with Crippen molar-refractivity contribution in [1.29, 1.82) is 0 Å². The van der Waals surface area contributed by atoms with Gasteiger partial charge in [-0.1, -0.05) is 50.6 Å². The van der Waals surface area contributed by atoms with Crippen LogP contribution in [0.15, 0.2) is 29.6 Å². The normalized spacial score (nSPS) is 13.5. The summed E-state index contributed by atoms with van der Waals surface area (Å²) in [5.74, 6) is 0. The summed E-state index contributed by atoms with van der Waals surface area (Å²) in [6, 6.07) is 8.28. The summed E-state index contributed by atoms with van der Waals surface area (Å²) >= 11 is 1.63. The molecule has 0 radical (unpaired) electrons. The van der Waals surface area contributed by atoms with Gasteiger partial charge in [-0.2, -0.15) is 0 Å². The van der Waals surface area contributed by atoms with Crippen LogP contribution in [0.5, 0.6) is 0 Å². The Morgan fingerprint density at radius 1 is 1.21 bits per heavy atom. The van der Waals surface area contributed by atoms with Crippen LogP contribution in [0.1, 0.15) is 48.7 Å². The molecule has 1 atom stereocenters. The van der Waals surface area contributed by atoms with E-state index in [0.717, 1.165) is 16.3 Å². The highest BCUT2D eigenvalue weighted by atomic mass is 32.1. The Kier molecular flexibility index (Phi) is 4.07. The summed E-state index contributed by atoms with van der Waals surface area (Å²) in [6.45, 7) is 8.49. The highest BCUT2D eigenvalue weighted by Crippen LogP contribution is 2.28. The molecule has 0 amide bonds. The lowest BCUT2D eigenvalue weighted by molar-refractivity contribution is 0.174. The quantitative estimate of drug-likeness (QED) is 0.917. The summed E-state index contributed by atoms with van der Waals surface area (Å²) in [4.78, 5) is 4.56. The lowest BCUT2D eigenvalue weighted by atomic mass is 9.98. The molecular formula is C16H21NOS. The second-order valence-electron chi connectivity index (χ2n) is 6.03. The van der Waals surface area contributed by atoms with E-state index in [0.29, 0.717) is 6.42 Å². The Morgan fingerprint density at radius 3 is 2.37 bits per heavy atom. The predicted molar refractivity (Wildman–Crippen MR) is 80.7 cm³/mol. The van der Waals surface area contributed by atoms with Gasteiger partial charge in [-0.15, -0.1) is 11.3 Å². The van der Waals surface area contributed by atoms with Crippen LogP contribution in [0.25, 0.3) is 0 Å². The Morgan fingerprint density at radius 2 is 1.84 bits per heavy atom. The van der Waals surface area contributed by atoms with E-state index >= 15 is 0 Å². The lowest BCUT2D eigenvalue weighted by Crippen LogP contribution is -2.11. The molecule has 0 aliphatic carbocycles. The number of aromatic nitrogens is 1. The fourth-order valence-corrected chi connectivity index (χ4v) is 2.79. The van der Waals surface area contributed by atoms with Gasteiger partial charge in [0.1, 0.15) is 6.10 Å². The first-order valence-electron chi connectivity index (χ1n) is 6.56. The fraction of sp³-hybridized carbons (Fsp3) is 0.438. The number of aryl methyl sites for hydroxylation is 1. The van der Waals surface area contributed by atoms with E-state index in [1.807, 2.05) is 5.38 Å².